The van der Waals surface area contributed by atoms with Gasteiger partial charge < -0.3 is 49.3 Å². The molecule has 0 atom stereocenters. The van der Waals surface area contributed by atoms with Gasteiger partial charge in [0.05, 0.1) is 67.5 Å². The lowest BCUT2D eigenvalue weighted by Gasteiger charge is -2.33. The number of rotatable bonds is 13. The minimum Gasteiger partial charge on any atom is -0.381 e. The molecule has 18 rings (SSSR count). The predicted octanol–water partition coefficient (Wildman–Crippen LogP) is 13.7. The quantitative estimate of drug-likeness (QED) is 0.0829. The van der Waals surface area contributed by atoms with Gasteiger partial charge >= 0.3 is 6.03 Å². The van der Waals surface area contributed by atoms with Crippen molar-refractivity contribution in [3.8, 4) is 52.0 Å². The van der Waals surface area contributed by atoms with Gasteiger partial charge in [0, 0.05) is 229 Å². The molecule has 616 valence electrons. The smallest absolute Gasteiger partial charge is 0.317 e. The Morgan fingerprint density at radius 3 is 1.30 bits per heavy atom. The molecule has 0 spiro atoms. The number of alkyl halides is 4. The Labute approximate surface area is 684 Å². The highest BCUT2D eigenvalue weighted by molar-refractivity contribution is 5.83. The highest BCUT2D eigenvalue weighted by atomic mass is 19.3. The van der Waals surface area contributed by atoms with E-state index in [9.17, 15) is 47.7 Å². The summed E-state index contributed by atoms with van der Waals surface area (Å²) in [6.07, 6.45) is 21.3. The largest absolute Gasteiger partial charge is 0.381 e. The minimum atomic E-state index is -2.64. The Balaban J connectivity index is 0.000000132. The molecular weight excluding hydrogens is 1510 g/mol. The number of halogens is 4. The van der Waals surface area contributed by atoms with Gasteiger partial charge in [-0.3, -0.25) is 38.0 Å². The lowest BCUT2D eigenvalue weighted by Crippen LogP contribution is -2.42. The fraction of sp³-hybridized carbons (Fsp3) is 0.494. The number of aromatic nitrogens is 11. The summed E-state index contributed by atoms with van der Waals surface area (Å²) in [6, 6.07) is 18.2. The standard InChI is InChI=1S/2C29H34F2N8O.C29H33N7O2/c2*1-3-27(40)37-12-8-25-24(17-37)29(34-39(25)21-6-10-36(18-32)11-7-21)38-9-4-5-19-13-22(20-15-33-35(2)16-20)23(28(30)31)14-26(19)38;1-19-5-6-25(32-17-19)23-14-20-4-3-10-35(27(20)15-21(23)16-30)28-24-18-34(29(37)31-2)11-7-26(24)36(33-28)22-8-12-38-13-9-22/h2*13-16,21,28H,3-12,17H2,1-2H3;5-6,14-15,17,22H,3-4,7-13,18H2,1-2H3,(H,31,37). The summed E-state index contributed by atoms with van der Waals surface area (Å²) in [4.78, 5) is 58.2. The fourth-order valence-corrected chi connectivity index (χ4v) is 18.9. The monoisotopic (exact) mass is 1610 g/mol. The molecule has 31 heteroatoms. The van der Waals surface area contributed by atoms with Crippen LogP contribution in [0.3, 0.4) is 0 Å². The zero-order valence-electron chi connectivity index (χ0n) is 68.0. The van der Waals surface area contributed by atoms with Gasteiger partial charge in [0.25, 0.3) is 12.9 Å². The van der Waals surface area contributed by atoms with Crippen molar-refractivity contribution < 1.29 is 36.7 Å². The second-order valence-electron chi connectivity index (χ2n) is 32.3. The lowest BCUT2D eigenvalue weighted by atomic mass is 9.92. The van der Waals surface area contributed by atoms with Crippen molar-refractivity contribution in [2.24, 2.45) is 14.1 Å². The van der Waals surface area contributed by atoms with Crippen LogP contribution < -0.4 is 20.0 Å². The Hall–Kier alpha value is -11.8. The van der Waals surface area contributed by atoms with E-state index in [1.54, 1.807) is 77.2 Å². The van der Waals surface area contributed by atoms with Gasteiger partial charge in [-0.1, -0.05) is 19.9 Å². The molecule has 15 heterocycles. The number of pyridine rings is 1. The molecule has 0 bridgehead atoms. The molecule has 0 aliphatic carbocycles. The van der Waals surface area contributed by atoms with E-state index in [0.717, 1.165) is 194 Å². The number of nitrogens with zero attached hydrogens (tertiary/aromatic N) is 22. The van der Waals surface area contributed by atoms with Crippen LogP contribution in [0.15, 0.2) is 79.5 Å². The maximum atomic E-state index is 14.4. The number of carbonyl (C=O) groups excluding carboxylic acids is 3. The van der Waals surface area contributed by atoms with E-state index >= 15 is 0 Å². The van der Waals surface area contributed by atoms with Crippen molar-refractivity contribution >= 4 is 52.4 Å². The zero-order chi connectivity index (χ0) is 82.2. The van der Waals surface area contributed by atoms with Crippen LogP contribution in [0.5, 0.6) is 0 Å². The summed E-state index contributed by atoms with van der Waals surface area (Å²) in [6.45, 7) is 15.6. The first kappa shape index (κ1) is 80.0. The summed E-state index contributed by atoms with van der Waals surface area (Å²) in [5.41, 5.74) is 18.1. The number of nitriles is 3. The van der Waals surface area contributed by atoms with Crippen molar-refractivity contribution in [3.05, 3.63) is 152 Å². The van der Waals surface area contributed by atoms with Crippen LogP contribution in [-0.2, 0) is 86.6 Å². The molecule has 6 aromatic heterocycles. The number of aryl methyl sites for hydroxylation is 6. The summed E-state index contributed by atoms with van der Waals surface area (Å²) in [5.74, 6) is 2.65. The third-order valence-corrected chi connectivity index (χ3v) is 25.1. The van der Waals surface area contributed by atoms with Crippen LogP contribution in [0, 0.1) is 41.2 Å². The van der Waals surface area contributed by atoms with E-state index < -0.39 is 12.9 Å². The molecule has 118 heavy (non-hydrogen) atoms. The number of urea groups is 1. The van der Waals surface area contributed by atoms with E-state index in [4.69, 9.17) is 20.0 Å². The second-order valence-corrected chi connectivity index (χ2v) is 32.3. The third kappa shape index (κ3) is 15.8. The average molecular weight is 1610 g/mol. The molecule has 9 aromatic rings. The second kappa shape index (κ2) is 34.4. The first-order chi connectivity index (χ1) is 57.3. The highest BCUT2D eigenvalue weighted by Gasteiger charge is 2.40. The van der Waals surface area contributed by atoms with Crippen LogP contribution in [0.25, 0.3) is 33.5 Å². The zero-order valence-corrected chi connectivity index (χ0v) is 68.0. The van der Waals surface area contributed by atoms with Gasteiger partial charge in [-0.15, -0.1) is 0 Å². The van der Waals surface area contributed by atoms with Crippen LogP contribution in [0.4, 0.5) is 56.9 Å². The van der Waals surface area contributed by atoms with Gasteiger partial charge in [-0.05, 0) is 160 Å². The van der Waals surface area contributed by atoms with Gasteiger partial charge in [0.2, 0.25) is 11.8 Å². The Bertz CT molecular complexity index is 5150. The van der Waals surface area contributed by atoms with Crippen molar-refractivity contribution in [3.63, 3.8) is 0 Å². The van der Waals surface area contributed by atoms with E-state index in [1.807, 2.05) is 72.0 Å². The number of carbonyl (C=O) groups is 3. The summed E-state index contributed by atoms with van der Waals surface area (Å²) >= 11 is 0. The Morgan fingerprint density at radius 2 is 0.924 bits per heavy atom. The molecular formula is C87H101F4N23O4. The molecule has 9 aliphatic heterocycles. The Kier molecular flexibility index (Phi) is 23.3. The molecule has 3 fully saturated rings. The topological polar surface area (TPSA) is 272 Å². The van der Waals surface area contributed by atoms with E-state index in [2.05, 4.69) is 73.8 Å². The minimum absolute atomic E-state index is 0.0152. The summed E-state index contributed by atoms with van der Waals surface area (Å²) < 4.78 is 73.1. The van der Waals surface area contributed by atoms with Gasteiger partial charge in [0.1, 0.15) is 0 Å². The van der Waals surface area contributed by atoms with E-state index in [1.165, 1.54) is 11.3 Å². The fourth-order valence-electron chi connectivity index (χ4n) is 18.9. The van der Waals surface area contributed by atoms with E-state index in [0.29, 0.717) is 138 Å². The first-order valence-electron chi connectivity index (χ1n) is 41.7. The van der Waals surface area contributed by atoms with Crippen molar-refractivity contribution in [1.82, 2.24) is 83.7 Å². The van der Waals surface area contributed by atoms with Crippen LogP contribution >= 0.6 is 0 Å². The SMILES string of the molecule is CCC(=O)N1CCc2c(c(N3CCCc4cc(-c5cnn(C)c5)c(C(F)F)cc43)nn2C2CCN(C#N)CC2)C1.CCC(=O)N1CCc2c(c(N3CCCc4cc(-c5cnn(C)c5)c(C(F)F)cc43)nn2C2CCN(C#N)CC2)C1.CNC(=O)N1CCc2c(c(N3CCCc4cc(-c5ccc(C)cn5)c(C#N)cc43)nn2C2CCOCC2)C1. The van der Waals surface area contributed by atoms with Crippen molar-refractivity contribution in [2.45, 2.75) is 181 Å². The predicted molar refractivity (Wildman–Crippen MR) is 436 cm³/mol. The number of piperidine rings is 2. The molecule has 4 amide bonds. The van der Waals surface area contributed by atoms with Crippen molar-refractivity contribution in [2.75, 3.05) is 100 Å². The first-order valence-corrected chi connectivity index (χ1v) is 41.7. The maximum absolute atomic E-state index is 14.4. The molecule has 27 nitrogen and oxygen atoms in total. The molecule has 3 saturated heterocycles. The van der Waals surface area contributed by atoms with Crippen LogP contribution in [0.1, 0.15) is 188 Å². The molecule has 3 aromatic carbocycles. The molecule has 0 radical (unpaired) electrons. The highest BCUT2D eigenvalue weighted by Crippen LogP contribution is 2.48. The summed E-state index contributed by atoms with van der Waals surface area (Å²) in [7, 11) is 5.23. The van der Waals surface area contributed by atoms with Gasteiger partial charge in [-0.2, -0.15) is 41.3 Å². The number of hydrogen-bond donors (Lipinski definition) is 1. The third-order valence-electron chi connectivity index (χ3n) is 25.1. The number of benzene rings is 3. The Morgan fingerprint density at radius 1 is 0.517 bits per heavy atom. The number of nitrogens with one attached hydrogen (secondary N) is 1. The van der Waals surface area contributed by atoms with Crippen molar-refractivity contribution in [1.29, 1.82) is 15.8 Å². The normalized spacial score (nSPS) is 17.6. The molecule has 9 aliphatic rings. The van der Waals surface area contributed by atoms with Crippen LogP contribution in [0.2, 0.25) is 0 Å². The molecule has 0 saturated carbocycles. The maximum Gasteiger partial charge on any atom is 0.317 e. The van der Waals surface area contributed by atoms with Gasteiger partial charge in [0.15, 0.2) is 29.8 Å². The van der Waals surface area contributed by atoms with Crippen LogP contribution in [-0.4, -0.2) is 182 Å². The average Bonchev–Trinajstić information content (AvgIpc) is 1.54. The number of ether oxygens (including phenoxy) is 1. The number of likely N-dealkylation sites (tertiary alicyclic amines) is 2. The summed E-state index contributed by atoms with van der Waals surface area (Å²) in [5, 5.41) is 55.5. The number of fused-ring (bicyclic) bond motifs is 6. The van der Waals surface area contributed by atoms with E-state index in [-0.39, 0.29) is 41.1 Å². The molecule has 1 N–H and O–H groups in total. The number of hydrogen-bond acceptors (Lipinski definition) is 18. The van der Waals surface area contributed by atoms with Gasteiger partial charge in [-0.25, -0.2) is 22.4 Å². The number of amides is 4. The molecule has 0 unspecified atom stereocenters. The number of anilines is 6. The lowest BCUT2D eigenvalue weighted by molar-refractivity contribution is -0.132.